The monoisotopic (exact) mass is 175 g/mol. The Morgan fingerprint density at radius 2 is 2.18 bits per heavy atom. The molecule has 0 radical (unpaired) electrons. The Hall–Kier alpha value is 0.270. The highest BCUT2D eigenvalue weighted by molar-refractivity contribution is 7.77. The van der Waals surface area contributed by atoms with Crippen molar-refractivity contribution in [3.8, 4) is 0 Å². The van der Waals surface area contributed by atoms with Gasteiger partial charge in [-0.25, -0.2) is 4.31 Å². The van der Waals surface area contributed by atoms with E-state index in [9.17, 15) is 5.11 Å². The van der Waals surface area contributed by atoms with E-state index < -0.39 is 0 Å². The van der Waals surface area contributed by atoms with Gasteiger partial charge in [0.1, 0.15) is 0 Å². The molecule has 2 nitrogen and oxygen atoms in total. The van der Waals surface area contributed by atoms with Crippen molar-refractivity contribution in [1.29, 1.82) is 0 Å². The molecule has 1 aliphatic heterocycles. The van der Waals surface area contributed by atoms with Crippen LogP contribution in [0.4, 0.5) is 0 Å². The first-order valence-corrected chi connectivity index (χ1v) is 4.65. The summed E-state index contributed by atoms with van der Waals surface area (Å²) in [4.78, 5) is 0. The Labute approximate surface area is 74.1 Å². The van der Waals surface area contributed by atoms with E-state index in [0.717, 1.165) is 19.4 Å². The standard InChI is InChI=1S/C8H17NOS/c1-6(2)8-5-7(10)3-4-9(8)11/h6-8,10-11H,3-5H2,1-2H3. The molecule has 0 aromatic heterocycles. The molecule has 2 atom stereocenters. The van der Waals surface area contributed by atoms with Crippen LogP contribution in [0.3, 0.4) is 0 Å². The number of aliphatic hydroxyl groups is 1. The molecule has 0 amide bonds. The van der Waals surface area contributed by atoms with Gasteiger partial charge in [-0.1, -0.05) is 26.7 Å². The van der Waals surface area contributed by atoms with Crippen LogP contribution < -0.4 is 0 Å². The third-order valence-electron chi connectivity index (χ3n) is 2.36. The number of aliphatic hydroxyl groups excluding tert-OH is 1. The van der Waals surface area contributed by atoms with Crippen LogP contribution in [0.2, 0.25) is 0 Å². The third-order valence-corrected chi connectivity index (χ3v) is 2.85. The lowest BCUT2D eigenvalue weighted by Crippen LogP contribution is -2.41. The average Bonchev–Trinajstić information content (AvgIpc) is 1.94. The van der Waals surface area contributed by atoms with E-state index in [0.29, 0.717) is 12.0 Å². The first kappa shape index (κ1) is 9.36. The first-order valence-electron chi connectivity index (χ1n) is 4.25. The largest absolute Gasteiger partial charge is 0.393 e. The SMILES string of the molecule is CC(C)C1CC(O)CCN1S. The van der Waals surface area contributed by atoms with Crippen molar-refractivity contribution >= 4 is 12.8 Å². The van der Waals surface area contributed by atoms with Gasteiger partial charge in [-0.15, -0.1) is 0 Å². The predicted octanol–water partition coefficient (Wildman–Crippen LogP) is 1.31. The maximum Gasteiger partial charge on any atom is 0.0568 e. The normalized spacial score (nSPS) is 34.6. The van der Waals surface area contributed by atoms with Gasteiger partial charge < -0.3 is 5.11 Å². The van der Waals surface area contributed by atoms with Gasteiger partial charge in [-0.3, -0.25) is 0 Å². The van der Waals surface area contributed by atoms with E-state index in [2.05, 4.69) is 31.0 Å². The zero-order chi connectivity index (χ0) is 8.43. The Bertz CT molecular complexity index is 129. The van der Waals surface area contributed by atoms with Gasteiger partial charge in [-0.2, -0.15) is 0 Å². The zero-order valence-electron chi connectivity index (χ0n) is 7.20. The lowest BCUT2D eigenvalue weighted by Gasteiger charge is -2.36. The summed E-state index contributed by atoms with van der Waals surface area (Å²) >= 11 is 4.36. The second kappa shape index (κ2) is 3.78. The molecule has 66 valence electrons. The molecule has 0 aromatic carbocycles. The Morgan fingerprint density at radius 1 is 1.55 bits per heavy atom. The topological polar surface area (TPSA) is 23.5 Å². The summed E-state index contributed by atoms with van der Waals surface area (Å²) in [5.41, 5.74) is 0. The molecule has 1 heterocycles. The fourth-order valence-electron chi connectivity index (χ4n) is 1.58. The Balaban J connectivity index is 2.47. The summed E-state index contributed by atoms with van der Waals surface area (Å²) < 4.78 is 2.05. The van der Waals surface area contributed by atoms with Gasteiger partial charge in [0, 0.05) is 12.6 Å². The van der Waals surface area contributed by atoms with Gasteiger partial charge in [0.2, 0.25) is 0 Å². The van der Waals surface area contributed by atoms with Crippen molar-refractivity contribution < 1.29 is 5.11 Å². The molecule has 1 rings (SSSR count). The van der Waals surface area contributed by atoms with E-state index in [1.165, 1.54) is 0 Å². The van der Waals surface area contributed by atoms with Gasteiger partial charge in [0.15, 0.2) is 0 Å². The average molecular weight is 175 g/mol. The van der Waals surface area contributed by atoms with Crippen LogP contribution in [0, 0.1) is 5.92 Å². The number of rotatable bonds is 1. The minimum atomic E-state index is -0.106. The maximum absolute atomic E-state index is 9.39. The highest BCUT2D eigenvalue weighted by Crippen LogP contribution is 2.24. The molecular weight excluding hydrogens is 158 g/mol. The van der Waals surface area contributed by atoms with Crippen molar-refractivity contribution in [2.75, 3.05) is 6.54 Å². The molecule has 1 saturated heterocycles. The molecule has 0 saturated carbocycles. The van der Waals surface area contributed by atoms with Crippen LogP contribution in [0.25, 0.3) is 0 Å². The molecule has 11 heavy (non-hydrogen) atoms. The number of thiol groups is 1. The van der Waals surface area contributed by atoms with Gasteiger partial charge in [0.05, 0.1) is 6.10 Å². The highest BCUT2D eigenvalue weighted by atomic mass is 32.1. The van der Waals surface area contributed by atoms with Crippen LogP contribution >= 0.6 is 12.8 Å². The van der Waals surface area contributed by atoms with Crippen molar-refractivity contribution in [3.05, 3.63) is 0 Å². The van der Waals surface area contributed by atoms with Crippen LogP contribution in [0.1, 0.15) is 26.7 Å². The molecule has 2 unspecified atom stereocenters. The number of nitrogens with zero attached hydrogens (tertiary/aromatic N) is 1. The molecule has 0 spiro atoms. The third kappa shape index (κ3) is 2.36. The minimum absolute atomic E-state index is 0.106. The molecule has 3 heteroatoms. The second-order valence-corrected chi connectivity index (χ2v) is 4.17. The summed E-state index contributed by atoms with van der Waals surface area (Å²) in [6.45, 7) is 5.25. The molecule has 1 fully saturated rings. The maximum atomic E-state index is 9.39. The van der Waals surface area contributed by atoms with E-state index in [1.807, 2.05) is 0 Å². The molecular formula is C8H17NOS. The van der Waals surface area contributed by atoms with Crippen molar-refractivity contribution in [2.45, 2.75) is 38.8 Å². The first-order chi connectivity index (χ1) is 5.11. The zero-order valence-corrected chi connectivity index (χ0v) is 8.09. The highest BCUT2D eigenvalue weighted by Gasteiger charge is 2.27. The lowest BCUT2D eigenvalue weighted by molar-refractivity contribution is 0.0706. The second-order valence-electron chi connectivity index (χ2n) is 3.65. The summed E-state index contributed by atoms with van der Waals surface area (Å²) in [6.07, 6.45) is 1.64. The molecule has 0 aromatic rings. The summed E-state index contributed by atoms with van der Waals surface area (Å²) in [6, 6.07) is 0.446. The van der Waals surface area contributed by atoms with Crippen LogP contribution in [0.5, 0.6) is 0 Å². The molecule has 0 bridgehead atoms. The fraction of sp³-hybridized carbons (Fsp3) is 1.00. The van der Waals surface area contributed by atoms with Crippen LogP contribution in [-0.2, 0) is 0 Å². The van der Waals surface area contributed by atoms with E-state index in [-0.39, 0.29) is 6.10 Å². The van der Waals surface area contributed by atoms with Gasteiger partial charge in [0.25, 0.3) is 0 Å². The summed E-state index contributed by atoms with van der Waals surface area (Å²) in [7, 11) is 0. The van der Waals surface area contributed by atoms with Crippen molar-refractivity contribution in [1.82, 2.24) is 4.31 Å². The molecule has 1 aliphatic rings. The van der Waals surface area contributed by atoms with E-state index >= 15 is 0 Å². The van der Waals surface area contributed by atoms with E-state index in [1.54, 1.807) is 0 Å². The number of hydrogen-bond donors (Lipinski definition) is 2. The predicted molar refractivity (Wildman–Crippen MR) is 49.6 cm³/mol. The minimum Gasteiger partial charge on any atom is -0.393 e. The van der Waals surface area contributed by atoms with E-state index in [4.69, 9.17) is 0 Å². The molecule has 0 aliphatic carbocycles. The number of hydrogen-bond acceptors (Lipinski definition) is 3. The van der Waals surface area contributed by atoms with Crippen molar-refractivity contribution in [3.63, 3.8) is 0 Å². The van der Waals surface area contributed by atoms with Gasteiger partial charge in [-0.05, 0) is 18.8 Å². The summed E-state index contributed by atoms with van der Waals surface area (Å²) in [5, 5.41) is 9.39. The van der Waals surface area contributed by atoms with Crippen LogP contribution in [0.15, 0.2) is 0 Å². The lowest BCUT2D eigenvalue weighted by atomic mass is 9.93. The Kier molecular flexibility index (Phi) is 3.22. The Morgan fingerprint density at radius 3 is 2.64 bits per heavy atom. The molecule has 1 N–H and O–H groups in total. The summed E-state index contributed by atoms with van der Waals surface area (Å²) in [5.74, 6) is 0.586. The number of piperidine rings is 1. The van der Waals surface area contributed by atoms with Crippen molar-refractivity contribution in [2.24, 2.45) is 5.92 Å². The smallest absolute Gasteiger partial charge is 0.0568 e. The fourth-order valence-corrected chi connectivity index (χ4v) is 2.06. The van der Waals surface area contributed by atoms with Crippen LogP contribution in [-0.4, -0.2) is 28.1 Å². The van der Waals surface area contributed by atoms with Gasteiger partial charge >= 0.3 is 0 Å². The quantitative estimate of drug-likeness (QED) is 0.587.